The van der Waals surface area contributed by atoms with Gasteiger partial charge in [-0.3, -0.25) is 14.8 Å². The van der Waals surface area contributed by atoms with E-state index in [1.807, 2.05) is 0 Å². The van der Waals surface area contributed by atoms with Crippen LogP contribution >= 0.6 is 11.8 Å². The summed E-state index contributed by atoms with van der Waals surface area (Å²) in [5, 5.41) is 10.9. The summed E-state index contributed by atoms with van der Waals surface area (Å²) in [7, 11) is 0. The number of benzene rings is 1. The highest BCUT2D eigenvalue weighted by molar-refractivity contribution is 8.00. The van der Waals surface area contributed by atoms with Gasteiger partial charge >= 0.3 is 5.51 Å². The van der Waals surface area contributed by atoms with Crippen LogP contribution in [-0.2, 0) is 0 Å². The first-order chi connectivity index (χ1) is 10.8. The number of carbonyl (C=O) groups is 2. The molecule has 6 nitrogen and oxygen atoms in total. The second kappa shape index (κ2) is 6.75. The lowest BCUT2D eigenvalue weighted by molar-refractivity contribution is -0.0328. The van der Waals surface area contributed by atoms with Crippen molar-refractivity contribution in [3.8, 4) is 0 Å². The van der Waals surface area contributed by atoms with E-state index in [0.29, 0.717) is 0 Å². The number of nitrogens with one attached hydrogen (secondary N) is 2. The Morgan fingerprint density at radius 3 is 2.39 bits per heavy atom. The average molecular weight is 346 g/mol. The first-order valence-corrected chi connectivity index (χ1v) is 6.79. The molecule has 10 heteroatoms. The predicted molar refractivity (Wildman–Crippen MR) is 74.3 cm³/mol. The van der Waals surface area contributed by atoms with E-state index in [1.54, 1.807) is 0 Å². The van der Waals surface area contributed by atoms with E-state index in [9.17, 15) is 22.8 Å². The third-order valence-corrected chi connectivity index (χ3v) is 3.30. The van der Waals surface area contributed by atoms with E-state index in [0.717, 1.165) is 18.6 Å². The zero-order valence-corrected chi connectivity index (χ0v) is 12.0. The summed E-state index contributed by atoms with van der Waals surface area (Å²) in [4.78, 5) is 23.3. The monoisotopic (exact) mass is 346 g/mol. The smallest absolute Gasteiger partial charge is 0.446 e. The van der Waals surface area contributed by atoms with E-state index < -0.39 is 17.3 Å². The molecule has 23 heavy (non-hydrogen) atoms. The van der Waals surface area contributed by atoms with E-state index in [4.69, 9.17) is 9.62 Å². The van der Waals surface area contributed by atoms with Gasteiger partial charge in [-0.25, -0.2) is 5.48 Å². The van der Waals surface area contributed by atoms with Gasteiger partial charge in [-0.2, -0.15) is 13.2 Å². The summed E-state index contributed by atoms with van der Waals surface area (Å²) < 4.78 is 41.7. The van der Waals surface area contributed by atoms with Crippen molar-refractivity contribution in [2.24, 2.45) is 0 Å². The van der Waals surface area contributed by atoms with Crippen molar-refractivity contribution in [2.45, 2.75) is 10.4 Å². The zero-order valence-electron chi connectivity index (χ0n) is 11.2. The van der Waals surface area contributed by atoms with Crippen molar-refractivity contribution < 1.29 is 32.4 Å². The fraction of sp³-hybridized carbons (Fsp3) is 0.0769. The van der Waals surface area contributed by atoms with Crippen LogP contribution in [-0.4, -0.2) is 22.5 Å². The van der Waals surface area contributed by atoms with Crippen molar-refractivity contribution in [3.63, 3.8) is 0 Å². The minimum absolute atomic E-state index is 0.101. The number of hydrogen-bond acceptors (Lipinski definition) is 5. The Kier molecular flexibility index (Phi) is 4.96. The average Bonchev–Trinajstić information content (AvgIpc) is 2.94. The van der Waals surface area contributed by atoms with Crippen LogP contribution in [0.5, 0.6) is 0 Å². The van der Waals surface area contributed by atoms with Gasteiger partial charge in [-0.15, -0.1) is 0 Å². The molecule has 0 saturated carbocycles. The number of furan rings is 1. The van der Waals surface area contributed by atoms with E-state index in [-0.39, 0.29) is 33.5 Å². The minimum atomic E-state index is -4.44. The summed E-state index contributed by atoms with van der Waals surface area (Å²) in [6.07, 6.45) is 1.94. The molecule has 0 atom stereocenters. The van der Waals surface area contributed by atoms with Crippen molar-refractivity contribution in [2.75, 3.05) is 5.32 Å². The Labute approximate surface area is 131 Å². The van der Waals surface area contributed by atoms with Gasteiger partial charge in [0.15, 0.2) is 0 Å². The van der Waals surface area contributed by atoms with Crippen LogP contribution in [0.1, 0.15) is 20.7 Å². The second-order valence-corrected chi connectivity index (χ2v) is 5.31. The molecule has 0 fully saturated rings. The number of amides is 2. The number of hydroxylamine groups is 1. The number of anilines is 1. The predicted octanol–water partition coefficient (Wildman–Crippen LogP) is 3.26. The maximum Gasteiger partial charge on any atom is 0.446 e. The first-order valence-electron chi connectivity index (χ1n) is 5.98. The molecule has 0 spiro atoms. The molecule has 2 rings (SSSR count). The number of thioether (sulfide) groups is 1. The molecule has 2 aromatic rings. The van der Waals surface area contributed by atoms with Crippen LogP contribution < -0.4 is 10.8 Å². The van der Waals surface area contributed by atoms with Gasteiger partial charge in [-0.05, 0) is 30.0 Å². The molecule has 2 amide bonds. The Morgan fingerprint density at radius 1 is 1.13 bits per heavy atom. The highest BCUT2D eigenvalue weighted by Crippen LogP contribution is 2.37. The first kappa shape index (κ1) is 16.9. The molecule has 3 N–H and O–H groups in total. The highest BCUT2D eigenvalue weighted by atomic mass is 32.2. The quantitative estimate of drug-likeness (QED) is 0.449. The maximum atomic E-state index is 12.3. The molecule has 1 heterocycles. The van der Waals surface area contributed by atoms with Crippen molar-refractivity contribution >= 4 is 29.3 Å². The van der Waals surface area contributed by atoms with Crippen LogP contribution in [0.3, 0.4) is 0 Å². The lowest BCUT2D eigenvalue weighted by atomic mass is 10.1. The van der Waals surface area contributed by atoms with Crippen LogP contribution in [0.25, 0.3) is 0 Å². The summed E-state index contributed by atoms with van der Waals surface area (Å²) in [6, 6.07) is 5.13. The van der Waals surface area contributed by atoms with Crippen molar-refractivity contribution in [1.29, 1.82) is 0 Å². The van der Waals surface area contributed by atoms with Crippen LogP contribution in [0.2, 0.25) is 0 Å². The molecule has 1 aromatic heterocycles. The Bertz CT molecular complexity index is 730. The summed E-state index contributed by atoms with van der Waals surface area (Å²) >= 11 is -0.316. The fourth-order valence-corrected chi connectivity index (χ4v) is 2.28. The van der Waals surface area contributed by atoms with E-state index >= 15 is 0 Å². The van der Waals surface area contributed by atoms with Crippen molar-refractivity contribution in [3.05, 3.63) is 47.9 Å². The van der Waals surface area contributed by atoms with Crippen LogP contribution in [0.4, 0.5) is 18.9 Å². The number of alkyl halides is 3. The third-order valence-electron chi connectivity index (χ3n) is 2.58. The van der Waals surface area contributed by atoms with Gasteiger partial charge in [0.2, 0.25) is 0 Å². The summed E-state index contributed by atoms with van der Waals surface area (Å²) in [6.45, 7) is 0. The van der Waals surface area contributed by atoms with Gasteiger partial charge in [0.1, 0.15) is 12.5 Å². The second-order valence-electron chi connectivity index (χ2n) is 4.17. The number of halogens is 3. The maximum absolute atomic E-state index is 12.3. The molecule has 0 aliphatic carbocycles. The normalized spacial score (nSPS) is 11.1. The molecule has 0 radical (unpaired) electrons. The molecule has 1 aromatic carbocycles. The largest absolute Gasteiger partial charge is 0.471 e. The summed E-state index contributed by atoms with van der Waals surface area (Å²) in [5.74, 6) is -1.73. The Hall–Kier alpha value is -2.46. The molecule has 0 aliphatic rings. The van der Waals surface area contributed by atoms with E-state index in [1.165, 1.54) is 23.7 Å². The number of rotatable bonds is 4. The van der Waals surface area contributed by atoms with Crippen LogP contribution in [0, 0.1) is 0 Å². The fourth-order valence-electron chi connectivity index (χ4n) is 1.68. The molecule has 0 saturated heterocycles. The molecular formula is C13H9F3N2O4S. The summed E-state index contributed by atoms with van der Waals surface area (Å²) in [5.41, 5.74) is -3.37. The lowest BCUT2D eigenvalue weighted by Crippen LogP contribution is -2.22. The lowest BCUT2D eigenvalue weighted by Gasteiger charge is -2.08. The third kappa shape index (κ3) is 4.50. The van der Waals surface area contributed by atoms with E-state index in [2.05, 4.69) is 5.32 Å². The van der Waals surface area contributed by atoms with Crippen LogP contribution in [0.15, 0.2) is 46.1 Å². The molecule has 122 valence electrons. The standard InChI is InChI=1S/C13H9F3N2O4S/c14-13(15,16)23-8-3-1-2-7(4-8)17-11(19)9-5-22-6-10(9)12(20)18-21/h1-6,21H,(H,17,19)(H,18,20). The van der Waals surface area contributed by atoms with Gasteiger partial charge < -0.3 is 9.73 Å². The topological polar surface area (TPSA) is 91.6 Å². The Morgan fingerprint density at radius 2 is 1.78 bits per heavy atom. The van der Waals surface area contributed by atoms with Gasteiger partial charge in [0.05, 0.1) is 11.1 Å². The Balaban J connectivity index is 2.16. The number of hydrogen-bond donors (Lipinski definition) is 3. The minimum Gasteiger partial charge on any atom is -0.471 e. The SMILES string of the molecule is O=C(NO)c1cocc1C(=O)Nc1cccc(SC(F)(F)F)c1. The number of carbonyl (C=O) groups excluding carboxylic acids is 2. The molecule has 0 unspecified atom stereocenters. The molecule has 0 bridgehead atoms. The van der Waals surface area contributed by atoms with Gasteiger partial charge in [0, 0.05) is 10.6 Å². The molecule has 0 aliphatic heterocycles. The zero-order chi connectivity index (χ0) is 17.0. The van der Waals surface area contributed by atoms with Crippen molar-refractivity contribution in [1.82, 2.24) is 5.48 Å². The van der Waals surface area contributed by atoms with Gasteiger partial charge in [0.25, 0.3) is 11.8 Å². The molecular weight excluding hydrogens is 337 g/mol. The van der Waals surface area contributed by atoms with Gasteiger partial charge in [-0.1, -0.05) is 6.07 Å². The highest BCUT2D eigenvalue weighted by Gasteiger charge is 2.29.